The minimum Gasteiger partial charge on any atom is -0.406 e. The third kappa shape index (κ3) is 4.00. The predicted octanol–water partition coefficient (Wildman–Crippen LogP) is 1.78. The van der Waals surface area contributed by atoms with Crippen molar-refractivity contribution in [2.75, 3.05) is 11.9 Å². The third-order valence-corrected chi connectivity index (χ3v) is 2.13. The van der Waals surface area contributed by atoms with Crippen molar-refractivity contribution in [3.05, 3.63) is 18.2 Å². The number of benzene rings is 1. The average Bonchev–Trinajstić information content (AvgIpc) is 2.68. The molecule has 1 aromatic heterocycles. The molecule has 2 aromatic rings. The van der Waals surface area contributed by atoms with Crippen LogP contribution >= 0.6 is 12.4 Å². The Hall–Kier alpha value is -2.00. The molecular formula is C10H10ClF3N4O2. The summed E-state index contributed by atoms with van der Waals surface area (Å²) in [6, 6.07) is 3.60. The topological polar surface area (TPSA) is 93.0 Å². The van der Waals surface area contributed by atoms with Gasteiger partial charge in [0.2, 0.25) is 11.9 Å². The molecule has 0 saturated heterocycles. The maximum atomic E-state index is 12.0. The van der Waals surface area contributed by atoms with Gasteiger partial charge >= 0.3 is 6.36 Å². The SMILES string of the molecule is Cl.NCC(=O)Nc1nc2ccc(OC(F)(F)F)cc2[nH]1. The van der Waals surface area contributed by atoms with E-state index < -0.39 is 12.3 Å². The van der Waals surface area contributed by atoms with Crippen LogP contribution in [0.1, 0.15) is 0 Å². The molecule has 0 unspecified atom stereocenters. The molecule has 0 fully saturated rings. The number of halogens is 4. The second-order valence-electron chi connectivity index (χ2n) is 3.56. The first-order valence-electron chi connectivity index (χ1n) is 5.13. The van der Waals surface area contributed by atoms with Gasteiger partial charge in [-0.25, -0.2) is 4.98 Å². The molecule has 1 heterocycles. The Morgan fingerprint density at radius 2 is 2.15 bits per heavy atom. The number of carbonyl (C=O) groups excluding carboxylic acids is 1. The molecule has 6 nitrogen and oxygen atoms in total. The van der Waals surface area contributed by atoms with Crippen LogP contribution in [-0.4, -0.2) is 28.8 Å². The lowest BCUT2D eigenvalue weighted by molar-refractivity contribution is -0.274. The molecule has 4 N–H and O–H groups in total. The number of aromatic amines is 1. The number of nitrogens with zero attached hydrogens (tertiary/aromatic N) is 1. The van der Waals surface area contributed by atoms with Gasteiger partial charge in [0.05, 0.1) is 17.6 Å². The van der Waals surface area contributed by atoms with Crippen LogP contribution in [0.15, 0.2) is 18.2 Å². The Kier molecular flexibility index (Phi) is 4.79. The van der Waals surface area contributed by atoms with E-state index in [2.05, 4.69) is 20.0 Å². The Labute approximate surface area is 116 Å². The second-order valence-corrected chi connectivity index (χ2v) is 3.56. The van der Waals surface area contributed by atoms with E-state index in [-0.39, 0.29) is 30.6 Å². The first-order chi connectivity index (χ1) is 8.87. The van der Waals surface area contributed by atoms with E-state index in [1.807, 2.05) is 0 Å². The number of carbonyl (C=O) groups is 1. The van der Waals surface area contributed by atoms with Gasteiger partial charge in [0.15, 0.2) is 0 Å². The lowest BCUT2D eigenvalue weighted by Gasteiger charge is -2.07. The molecule has 2 rings (SSSR count). The zero-order valence-electron chi connectivity index (χ0n) is 9.82. The van der Waals surface area contributed by atoms with Crippen LogP contribution in [0.2, 0.25) is 0 Å². The van der Waals surface area contributed by atoms with Gasteiger partial charge in [-0.1, -0.05) is 0 Å². The highest BCUT2D eigenvalue weighted by Gasteiger charge is 2.31. The van der Waals surface area contributed by atoms with Gasteiger partial charge in [0.25, 0.3) is 0 Å². The molecule has 20 heavy (non-hydrogen) atoms. The van der Waals surface area contributed by atoms with Crippen molar-refractivity contribution >= 4 is 35.3 Å². The van der Waals surface area contributed by atoms with Gasteiger partial charge in [-0.15, -0.1) is 25.6 Å². The fourth-order valence-electron chi connectivity index (χ4n) is 1.43. The number of nitrogens with one attached hydrogen (secondary N) is 2. The number of nitrogens with two attached hydrogens (primary N) is 1. The van der Waals surface area contributed by atoms with Crippen LogP contribution in [0.4, 0.5) is 19.1 Å². The fraction of sp³-hybridized carbons (Fsp3) is 0.200. The minimum atomic E-state index is -4.76. The standard InChI is InChI=1S/C10H9F3N4O2.ClH/c11-10(12,13)19-5-1-2-6-7(3-5)16-9(15-6)17-8(18)4-14;/h1-3H,4,14H2,(H2,15,16,17,18);1H. The fourth-order valence-corrected chi connectivity index (χ4v) is 1.43. The molecule has 1 aromatic carbocycles. The highest BCUT2D eigenvalue weighted by atomic mass is 35.5. The Balaban J connectivity index is 0.00000200. The van der Waals surface area contributed by atoms with Gasteiger partial charge in [0, 0.05) is 6.07 Å². The van der Waals surface area contributed by atoms with E-state index in [0.29, 0.717) is 11.0 Å². The van der Waals surface area contributed by atoms with Crippen molar-refractivity contribution in [1.82, 2.24) is 9.97 Å². The van der Waals surface area contributed by atoms with E-state index in [9.17, 15) is 18.0 Å². The van der Waals surface area contributed by atoms with Gasteiger partial charge in [-0.05, 0) is 12.1 Å². The second kappa shape index (κ2) is 5.97. The van der Waals surface area contributed by atoms with Crippen LogP contribution in [0.5, 0.6) is 5.75 Å². The molecule has 0 saturated carbocycles. The maximum Gasteiger partial charge on any atom is 0.573 e. The number of amides is 1. The largest absolute Gasteiger partial charge is 0.573 e. The number of imidazole rings is 1. The van der Waals surface area contributed by atoms with Gasteiger partial charge in [0.1, 0.15) is 5.75 Å². The minimum absolute atomic E-state index is 0. The van der Waals surface area contributed by atoms with Crippen molar-refractivity contribution in [3.8, 4) is 5.75 Å². The van der Waals surface area contributed by atoms with Crippen molar-refractivity contribution in [1.29, 1.82) is 0 Å². The zero-order valence-corrected chi connectivity index (χ0v) is 10.6. The molecule has 110 valence electrons. The zero-order chi connectivity index (χ0) is 14.0. The number of H-pyrrole nitrogens is 1. The van der Waals surface area contributed by atoms with Gasteiger partial charge < -0.3 is 15.5 Å². The molecule has 0 bridgehead atoms. The summed E-state index contributed by atoms with van der Waals surface area (Å²) in [7, 11) is 0. The van der Waals surface area contributed by atoms with Crippen LogP contribution < -0.4 is 15.8 Å². The van der Waals surface area contributed by atoms with Crippen molar-refractivity contribution in [2.24, 2.45) is 5.73 Å². The normalized spacial score (nSPS) is 11.0. The molecule has 0 aliphatic heterocycles. The average molecular weight is 311 g/mol. The lowest BCUT2D eigenvalue weighted by atomic mass is 10.3. The molecule has 1 amide bonds. The van der Waals surface area contributed by atoms with Crippen molar-refractivity contribution in [3.63, 3.8) is 0 Å². The molecule has 0 spiro atoms. The Morgan fingerprint density at radius 3 is 2.75 bits per heavy atom. The van der Waals surface area contributed by atoms with Crippen molar-refractivity contribution < 1.29 is 22.7 Å². The Morgan fingerprint density at radius 1 is 1.45 bits per heavy atom. The number of aromatic nitrogens is 2. The summed E-state index contributed by atoms with van der Waals surface area (Å²) in [5.41, 5.74) is 5.80. The summed E-state index contributed by atoms with van der Waals surface area (Å²) in [5, 5.41) is 2.36. The number of anilines is 1. The van der Waals surface area contributed by atoms with Gasteiger partial charge in [-0.2, -0.15) is 0 Å². The summed E-state index contributed by atoms with van der Waals surface area (Å²) in [6.45, 7) is -0.223. The monoisotopic (exact) mass is 310 g/mol. The molecule has 10 heteroatoms. The summed E-state index contributed by atoms with van der Waals surface area (Å²) < 4.78 is 39.9. The van der Waals surface area contributed by atoms with Crippen LogP contribution in [0, 0.1) is 0 Å². The van der Waals surface area contributed by atoms with Crippen LogP contribution in [0.25, 0.3) is 11.0 Å². The van der Waals surface area contributed by atoms with E-state index in [1.54, 1.807) is 0 Å². The number of hydrogen-bond donors (Lipinski definition) is 3. The number of fused-ring (bicyclic) bond motifs is 1. The number of rotatable bonds is 3. The smallest absolute Gasteiger partial charge is 0.406 e. The van der Waals surface area contributed by atoms with E-state index in [0.717, 1.165) is 12.1 Å². The van der Waals surface area contributed by atoms with E-state index >= 15 is 0 Å². The maximum absolute atomic E-state index is 12.0. The third-order valence-electron chi connectivity index (χ3n) is 2.13. The highest BCUT2D eigenvalue weighted by molar-refractivity contribution is 5.92. The summed E-state index contributed by atoms with van der Waals surface area (Å²) in [4.78, 5) is 17.6. The summed E-state index contributed by atoms with van der Waals surface area (Å²) >= 11 is 0. The van der Waals surface area contributed by atoms with Crippen molar-refractivity contribution in [2.45, 2.75) is 6.36 Å². The summed E-state index contributed by atoms with van der Waals surface area (Å²) in [5.74, 6) is -0.735. The molecular weight excluding hydrogens is 301 g/mol. The van der Waals surface area contributed by atoms with E-state index in [1.165, 1.54) is 6.07 Å². The first-order valence-corrected chi connectivity index (χ1v) is 5.13. The molecule has 0 aliphatic rings. The lowest BCUT2D eigenvalue weighted by Crippen LogP contribution is -2.22. The van der Waals surface area contributed by atoms with Crippen LogP contribution in [0.3, 0.4) is 0 Å². The summed E-state index contributed by atoms with van der Waals surface area (Å²) in [6.07, 6.45) is -4.76. The van der Waals surface area contributed by atoms with Crippen LogP contribution in [-0.2, 0) is 4.79 Å². The van der Waals surface area contributed by atoms with E-state index in [4.69, 9.17) is 5.73 Å². The molecule has 0 radical (unpaired) electrons. The molecule has 0 atom stereocenters. The first kappa shape index (κ1) is 16.1. The van der Waals surface area contributed by atoms with Gasteiger partial charge in [-0.3, -0.25) is 10.1 Å². The number of alkyl halides is 3. The highest BCUT2D eigenvalue weighted by Crippen LogP contribution is 2.26. The Bertz CT molecular complexity index is 614. The quantitative estimate of drug-likeness (QED) is 0.805. The predicted molar refractivity (Wildman–Crippen MR) is 67.7 cm³/mol. The number of hydrogen-bond acceptors (Lipinski definition) is 4. The number of ether oxygens (including phenoxy) is 1. The molecule has 0 aliphatic carbocycles.